The van der Waals surface area contributed by atoms with Crippen LogP contribution in [-0.4, -0.2) is 16.5 Å². The molecule has 0 unspecified atom stereocenters. The average Bonchev–Trinajstić information content (AvgIpc) is 2.46. The van der Waals surface area contributed by atoms with Crippen molar-refractivity contribution >= 4 is 17.5 Å². The van der Waals surface area contributed by atoms with Crippen molar-refractivity contribution in [1.82, 2.24) is 9.97 Å². The normalized spacial score (nSPS) is 10.5. The molecule has 4 nitrogen and oxygen atoms in total. The fourth-order valence-electron chi connectivity index (χ4n) is 2.02. The van der Waals surface area contributed by atoms with Gasteiger partial charge in [-0.25, -0.2) is 13.8 Å². The first-order valence-corrected chi connectivity index (χ1v) is 7.40. The first kappa shape index (κ1) is 16.1. The number of rotatable bonds is 7. The van der Waals surface area contributed by atoms with Crippen molar-refractivity contribution in [2.24, 2.45) is 0 Å². The SMILES string of the molecule is CCCCCNc1cc(C)nc(Nc2ccc(F)cc2F)n1. The van der Waals surface area contributed by atoms with Crippen molar-refractivity contribution in [3.63, 3.8) is 0 Å². The van der Waals surface area contributed by atoms with Crippen LogP contribution in [0.4, 0.5) is 26.2 Å². The molecule has 0 saturated carbocycles. The van der Waals surface area contributed by atoms with Gasteiger partial charge in [-0.05, 0) is 25.5 Å². The molecule has 0 fully saturated rings. The van der Waals surface area contributed by atoms with Gasteiger partial charge in [0.2, 0.25) is 5.95 Å². The summed E-state index contributed by atoms with van der Waals surface area (Å²) in [6.45, 7) is 4.81. The van der Waals surface area contributed by atoms with Crippen LogP contribution >= 0.6 is 0 Å². The first-order chi connectivity index (χ1) is 10.6. The average molecular weight is 306 g/mol. The van der Waals surface area contributed by atoms with Crippen LogP contribution in [0.2, 0.25) is 0 Å². The fourth-order valence-corrected chi connectivity index (χ4v) is 2.02. The Labute approximate surface area is 129 Å². The predicted molar refractivity (Wildman–Crippen MR) is 84.4 cm³/mol. The molecule has 1 aromatic carbocycles. The molecule has 6 heteroatoms. The molecule has 1 heterocycles. The highest BCUT2D eigenvalue weighted by Crippen LogP contribution is 2.19. The summed E-state index contributed by atoms with van der Waals surface area (Å²) in [6.07, 6.45) is 3.37. The molecule has 0 saturated heterocycles. The van der Waals surface area contributed by atoms with E-state index in [1.165, 1.54) is 12.1 Å². The Kier molecular flexibility index (Phi) is 5.63. The largest absolute Gasteiger partial charge is 0.370 e. The number of halogens is 2. The predicted octanol–water partition coefficient (Wildman–Crippen LogP) is 4.41. The lowest BCUT2D eigenvalue weighted by Crippen LogP contribution is -2.07. The van der Waals surface area contributed by atoms with Crippen LogP contribution in [0.3, 0.4) is 0 Å². The van der Waals surface area contributed by atoms with E-state index in [9.17, 15) is 8.78 Å². The zero-order valence-electron chi connectivity index (χ0n) is 12.8. The van der Waals surface area contributed by atoms with Gasteiger partial charge in [0, 0.05) is 24.4 Å². The van der Waals surface area contributed by atoms with Crippen molar-refractivity contribution in [3.05, 3.63) is 41.6 Å². The van der Waals surface area contributed by atoms with Crippen molar-refractivity contribution in [2.45, 2.75) is 33.1 Å². The van der Waals surface area contributed by atoms with E-state index in [4.69, 9.17) is 0 Å². The summed E-state index contributed by atoms with van der Waals surface area (Å²) in [5, 5.41) is 6.00. The lowest BCUT2D eigenvalue weighted by Gasteiger charge is -2.10. The minimum absolute atomic E-state index is 0.143. The van der Waals surface area contributed by atoms with E-state index in [1.807, 2.05) is 13.0 Å². The molecule has 0 radical (unpaired) electrons. The van der Waals surface area contributed by atoms with Gasteiger partial charge in [-0.15, -0.1) is 0 Å². The fraction of sp³-hybridized carbons (Fsp3) is 0.375. The summed E-state index contributed by atoms with van der Waals surface area (Å²) in [7, 11) is 0. The number of nitrogens with zero attached hydrogens (tertiary/aromatic N) is 2. The third-order valence-corrected chi connectivity index (χ3v) is 3.12. The van der Waals surface area contributed by atoms with Gasteiger partial charge < -0.3 is 10.6 Å². The van der Waals surface area contributed by atoms with Crippen molar-refractivity contribution in [3.8, 4) is 0 Å². The molecule has 22 heavy (non-hydrogen) atoms. The summed E-state index contributed by atoms with van der Waals surface area (Å²) in [5.41, 5.74) is 0.905. The molecule has 0 aliphatic heterocycles. The van der Waals surface area contributed by atoms with Gasteiger partial charge in [0.15, 0.2) is 0 Å². The monoisotopic (exact) mass is 306 g/mol. The van der Waals surface area contributed by atoms with Gasteiger partial charge in [0.05, 0.1) is 5.69 Å². The molecule has 2 rings (SSSR count). The van der Waals surface area contributed by atoms with E-state index in [0.717, 1.165) is 37.6 Å². The molecule has 0 aliphatic rings. The molecular formula is C16H20F2N4. The molecule has 0 aliphatic carbocycles. The molecule has 0 atom stereocenters. The highest BCUT2D eigenvalue weighted by atomic mass is 19.1. The van der Waals surface area contributed by atoms with Crippen molar-refractivity contribution in [2.75, 3.05) is 17.2 Å². The number of hydrogen-bond donors (Lipinski definition) is 2. The van der Waals surface area contributed by atoms with Crippen LogP contribution < -0.4 is 10.6 Å². The number of aryl methyl sites for hydroxylation is 1. The topological polar surface area (TPSA) is 49.8 Å². The van der Waals surface area contributed by atoms with E-state index in [2.05, 4.69) is 27.5 Å². The van der Waals surface area contributed by atoms with Gasteiger partial charge in [-0.1, -0.05) is 19.8 Å². The van der Waals surface area contributed by atoms with Gasteiger partial charge >= 0.3 is 0 Å². The van der Waals surface area contributed by atoms with Gasteiger partial charge in [0.25, 0.3) is 0 Å². The Morgan fingerprint density at radius 1 is 1.09 bits per heavy atom. The van der Waals surface area contributed by atoms with Gasteiger partial charge in [-0.2, -0.15) is 4.98 Å². The lowest BCUT2D eigenvalue weighted by atomic mass is 10.2. The number of nitrogens with one attached hydrogen (secondary N) is 2. The maximum Gasteiger partial charge on any atom is 0.229 e. The third kappa shape index (κ3) is 4.65. The van der Waals surface area contributed by atoms with Crippen LogP contribution in [0.25, 0.3) is 0 Å². The van der Waals surface area contributed by atoms with E-state index in [1.54, 1.807) is 0 Å². The number of benzene rings is 1. The molecule has 0 bridgehead atoms. The van der Waals surface area contributed by atoms with Crippen LogP contribution in [0, 0.1) is 18.6 Å². The summed E-state index contributed by atoms with van der Waals surface area (Å²) in [5.74, 6) is -0.328. The first-order valence-electron chi connectivity index (χ1n) is 7.40. The van der Waals surface area contributed by atoms with Gasteiger partial charge in [-0.3, -0.25) is 0 Å². The summed E-state index contributed by atoms with van der Waals surface area (Å²) < 4.78 is 26.6. The Hall–Kier alpha value is -2.24. The van der Waals surface area contributed by atoms with Crippen LogP contribution in [-0.2, 0) is 0 Å². The molecule has 118 valence electrons. The Morgan fingerprint density at radius 2 is 1.91 bits per heavy atom. The molecule has 0 amide bonds. The summed E-state index contributed by atoms with van der Waals surface area (Å²) in [6, 6.07) is 5.16. The second kappa shape index (κ2) is 7.68. The standard InChI is InChI=1S/C16H20F2N4/c1-3-4-5-8-19-15-9-11(2)20-16(22-15)21-14-7-6-12(17)10-13(14)18/h6-7,9-10H,3-5,8H2,1-2H3,(H2,19,20,21,22). The smallest absolute Gasteiger partial charge is 0.229 e. The Balaban J connectivity index is 2.08. The second-order valence-electron chi connectivity index (χ2n) is 5.10. The zero-order valence-corrected chi connectivity index (χ0v) is 12.8. The summed E-state index contributed by atoms with van der Waals surface area (Å²) >= 11 is 0. The van der Waals surface area contributed by atoms with Crippen LogP contribution in [0.1, 0.15) is 31.9 Å². The van der Waals surface area contributed by atoms with Crippen molar-refractivity contribution in [1.29, 1.82) is 0 Å². The maximum atomic E-state index is 13.7. The maximum absolute atomic E-state index is 13.7. The number of aromatic nitrogens is 2. The van der Waals surface area contributed by atoms with E-state index in [0.29, 0.717) is 5.82 Å². The van der Waals surface area contributed by atoms with E-state index < -0.39 is 11.6 Å². The minimum atomic E-state index is -0.678. The summed E-state index contributed by atoms with van der Waals surface area (Å²) in [4.78, 5) is 8.51. The van der Waals surface area contributed by atoms with E-state index in [-0.39, 0.29) is 11.6 Å². The molecule has 2 N–H and O–H groups in total. The molecule has 0 spiro atoms. The second-order valence-corrected chi connectivity index (χ2v) is 5.10. The number of anilines is 3. The quantitative estimate of drug-likeness (QED) is 0.744. The van der Waals surface area contributed by atoms with Gasteiger partial charge in [0.1, 0.15) is 17.5 Å². The van der Waals surface area contributed by atoms with Crippen molar-refractivity contribution < 1.29 is 8.78 Å². The van der Waals surface area contributed by atoms with Crippen LogP contribution in [0.5, 0.6) is 0 Å². The van der Waals surface area contributed by atoms with Crippen LogP contribution in [0.15, 0.2) is 24.3 Å². The molecule has 1 aromatic heterocycles. The highest BCUT2D eigenvalue weighted by molar-refractivity contribution is 5.56. The lowest BCUT2D eigenvalue weighted by molar-refractivity contribution is 0.586. The zero-order chi connectivity index (χ0) is 15.9. The Bertz CT molecular complexity index is 632. The number of hydrogen-bond acceptors (Lipinski definition) is 4. The highest BCUT2D eigenvalue weighted by Gasteiger charge is 2.07. The number of unbranched alkanes of at least 4 members (excludes halogenated alkanes) is 2. The minimum Gasteiger partial charge on any atom is -0.370 e. The molecular weight excluding hydrogens is 286 g/mol. The Morgan fingerprint density at radius 3 is 2.64 bits per heavy atom. The third-order valence-electron chi connectivity index (χ3n) is 3.12. The van der Waals surface area contributed by atoms with E-state index >= 15 is 0 Å². The molecule has 2 aromatic rings.